The van der Waals surface area contributed by atoms with Crippen LogP contribution >= 0.6 is 11.6 Å². The predicted molar refractivity (Wildman–Crippen MR) is 94.5 cm³/mol. The van der Waals surface area contributed by atoms with Gasteiger partial charge in [0.15, 0.2) is 6.10 Å². The van der Waals surface area contributed by atoms with Gasteiger partial charge in [-0.15, -0.1) is 0 Å². The number of ether oxygens (including phenoxy) is 2. The first-order valence-electron chi connectivity index (χ1n) is 7.79. The highest BCUT2D eigenvalue weighted by Crippen LogP contribution is 2.14. The van der Waals surface area contributed by atoms with E-state index in [4.69, 9.17) is 21.1 Å². The second-order valence-corrected chi connectivity index (χ2v) is 6.74. The number of anilines is 1. The zero-order valence-corrected chi connectivity index (χ0v) is 15.5. The van der Waals surface area contributed by atoms with Crippen LogP contribution in [0.1, 0.15) is 34.1 Å². The number of carbonyl (C=O) groups is 3. The second kappa shape index (κ2) is 9.27. The van der Waals surface area contributed by atoms with Crippen molar-refractivity contribution in [3.05, 3.63) is 29.3 Å². The Morgan fingerprint density at radius 2 is 1.76 bits per heavy atom. The van der Waals surface area contributed by atoms with Crippen LogP contribution in [0.2, 0.25) is 5.02 Å². The fraction of sp³-hybridized carbons (Fsp3) is 0.471. The average molecular weight is 371 g/mol. The monoisotopic (exact) mass is 370 g/mol. The maximum atomic E-state index is 12.0. The molecule has 2 amide bonds. The number of rotatable bonds is 6. The van der Waals surface area contributed by atoms with Crippen LogP contribution in [0.5, 0.6) is 0 Å². The third-order valence-corrected chi connectivity index (χ3v) is 3.04. The van der Waals surface area contributed by atoms with Crippen LogP contribution in [0.15, 0.2) is 24.3 Å². The van der Waals surface area contributed by atoms with E-state index in [1.54, 1.807) is 45.0 Å². The van der Waals surface area contributed by atoms with Gasteiger partial charge in [0.1, 0.15) is 5.60 Å². The average Bonchev–Trinajstić information content (AvgIpc) is 2.47. The van der Waals surface area contributed by atoms with Crippen molar-refractivity contribution in [1.29, 1.82) is 0 Å². The highest BCUT2D eigenvalue weighted by atomic mass is 35.5. The maximum absolute atomic E-state index is 12.0. The predicted octanol–water partition coefficient (Wildman–Crippen LogP) is 3.13. The molecular formula is C17H23ClN2O5. The van der Waals surface area contributed by atoms with E-state index in [-0.39, 0.29) is 13.0 Å². The number of alkyl carbamates (subject to hydrolysis) is 1. The smallest absolute Gasteiger partial charge is 0.407 e. The van der Waals surface area contributed by atoms with E-state index in [0.29, 0.717) is 10.7 Å². The van der Waals surface area contributed by atoms with Gasteiger partial charge in [0.25, 0.3) is 5.91 Å². The normalized spacial score (nSPS) is 12.0. The molecule has 0 aliphatic rings. The zero-order valence-electron chi connectivity index (χ0n) is 14.7. The SMILES string of the molecule is C[C@@H](OC(=O)CCNC(=O)OC(C)(C)C)C(=O)Nc1ccc(Cl)cc1. The fourth-order valence-corrected chi connectivity index (χ4v) is 1.79. The summed E-state index contributed by atoms with van der Waals surface area (Å²) < 4.78 is 10.1. The summed E-state index contributed by atoms with van der Waals surface area (Å²) in [6.45, 7) is 6.73. The number of nitrogens with one attached hydrogen (secondary N) is 2. The molecular weight excluding hydrogens is 348 g/mol. The third-order valence-electron chi connectivity index (χ3n) is 2.79. The van der Waals surface area contributed by atoms with Crippen molar-refractivity contribution in [3.8, 4) is 0 Å². The first-order valence-corrected chi connectivity index (χ1v) is 8.17. The van der Waals surface area contributed by atoms with Gasteiger partial charge in [0.05, 0.1) is 6.42 Å². The minimum absolute atomic E-state index is 0.0548. The Balaban J connectivity index is 2.32. The van der Waals surface area contributed by atoms with Crippen molar-refractivity contribution >= 4 is 35.3 Å². The van der Waals surface area contributed by atoms with Gasteiger partial charge in [-0.2, -0.15) is 0 Å². The molecule has 138 valence electrons. The summed E-state index contributed by atoms with van der Waals surface area (Å²) in [6.07, 6.45) is -1.66. The molecule has 1 aromatic carbocycles. The Morgan fingerprint density at radius 3 is 2.32 bits per heavy atom. The molecule has 0 saturated carbocycles. The number of carbonyl (C=O) groups excluding carboxylic acids is 3. The quantitative estimate of drug-likeness (QED) is 0.750. The van der Waals surface area contributed by atoms with Gasteiger partial charge < -0.3 is 20.1 Å². The van der Waals surface area contributed by atoms with Crippen LogP contribution in [0, 0.1) is 0 Å². The largest absolute Gasteiger partial charge is 0.452 e. The van der Waals surface area contributed by atoms with Gasteiger partial charge in [-0.25, -0.2) is 4.79 Å². The van der Waals surface area contributed by atoms with Gasteiger partial charge >= 0.3 is 12.1 Å². The Morgan fingerprint density at radius 1 is 1.16 bits per heavy atom. The third kappa shape index (κ3) is 8.95. The first kappa shape index (κ1) is 20.8. The Labute approximate surface area is 152 Å². The van der Waals surface area contributed by atoms with Gasteiger partial charge in [-0.05, 0) is 52.0 Å². The molecule has 1 aromatic rings. The van der Waals surface area contributed by atoms with E-state index < -0.39 is 29.7 Å². The van der Waals surface area contributed by atoms with Gasteiger partial charge in [0, 0.05) is 17.3 Å². The topological polar surface area (TPSA) is 93.7 Å². The molecule has 0 aliphatic heterocycles. The molecule has 0 spiro atoms. The summed E-state index contributed by atoms with van der Waals surface area (Å²) in [5, 5.41) is 5.60. The lowest BCUT2D eigenvalue weighted by Gasteiger charge is -2.19. The summed E-state index contributed by atoms with van der Waals surface area (Å²) in [6, 6.07) is 6.55. The number of hydrogen-bond acceptors (Lipinski definition) is 5. The van der Waals surface area contributed by atoms with Crippen molar-refractivity contribution in [2.75, 3.05) is 11.9 Å². The molecule has 1 atom stereocenters. The lowest BCUT2D eigenvalue weighted by molar-refractivity contribution is -0.153. The lowest BCUT2D eigenvalue weighted by atomic mass is 10.2. The van der Waals surface area contributed by atoms with Crippen molar-refractivity contribution in [2.24, 2.45) is 0 Å². The first-order chi connectivity index (χ1) is 11.6. The molecule has 8 heteroatoms. The van der Waals surface area contributed by atoms with Crippen LogP contribution < -0.4 is 10.6 Å². The standard InChI is InChI=1S/C17H23ClN2O5/c1-11(15(22)20-13-7-5-12(18)6-8-13)24-14(21)9-10-19-16(23)25-17(2,3)4/h5-8,11H,9-10H2,1-4H3,(H,19,23)(H,20,22)/t11-/m1/s1. The molecule has 0 saturated heterocycles. The maximum Gasteiger partial charge on any atom is 0.407 e. The van der Waals surface area contributed by atoms with E-state index >= 15 is 0 Å². The summed E-state index contributed by atoms with van der Waals surface area (Å²) in [5.74, 6) is -1.06. The summed E-state index contributed by atoms with van der Waals surface area (Å²) >= 11 is 5.76. The minimum Gasteiger partial charge on any atom is -0.452 e. The van der Waals surface area contributed by atoms with Crippen molar-refractivity contribution in [2.45, 2.75) is 45.8 Å². The molecule has 0 radical (unpaired) electrons. The molecule has 0 aromatic heterocycles. The highest BCUT2D eigenvalue weighted by molar-refractivity contribution is 6.30. The Hall–Kier alpha value is -2.28. The van der Waals surface area contributed by atoms with Crippen LogP contribution in [0.3, 0.4) is 0 Å². The summed E-state index contributed by atoms with van der Waals surface area (Å²) in [5.41, 5.74) is -0.0670. The van der Waals surface area contributed by atoms with E-state index in [1.807, 2.05) is 0 Å². The number of esters is 1. The van der Waals surface area contributed by atoms with E-state index in [2.05, 4.69) is 10.6 Å². The summed E-state index contributed by atoms with van der Waals surface area (Å²) in [4.78, 5) is 35.1. The van der Waals surface area contributed by atoms with Crippen molar-refractivity contribution < 1.29 is 23.9 Å². The highest BCUT2D eigenvalue weighted by Gasteiger charge is 2.19. The van der Waals surface area contributed by atoms with Crippen molar-refractivity contribution in [3.63, 3.8) is 0 Å². The molecule has 0 fully saturated rings. The van der Waals surface area contributed by atoms with Gasteiger partial charge in [-0.1, -0.05) is 11.6 Å². The van der Waals surface area contributed by atoms with Gasteiger partial charge in [-0.3, -0.25) is 9.59 Å². The zero-order chi connectivity index (χ0) is 19.0. The number of halogens is 1. The second-order valence-electron chi connectivity index (χ2n) is 6.31. The number of amides is 2. The molecule has 0 aliphatic carbocycles. The van der Waals surface area contributed by atoms with Crippen LogP contribution in [0.4, 0.5) is 10.5 Å². The number of benzene rings is 1. The van der Waals surface area contributed by atoms with E-state index in [9.17, 15) is 14.4 Å². The Bertz CT molecular complexity index is 610. The fourth-order valence-electron chi connectivity index (χ4n) is 1.67. The molecule has 0 bridgehead atoms. The molecule has 25 heavy (non-hydrogen) atoms. The minimum atomic E-state index is -0.968. The van der Waals surface area contributed by atoms with Crippen LogP contribution in [0.25, 0.3) is 0 Å². The molecule has 2 N–H and O–H groups in total. The van der Waals surface area contributed by atoms with Crippen molar-refractivity contribution in [1.82, 2.24) is 5.32 Å². The molecule has 1 rings (SSSR count). The van der Waals surface area contributed by atoms with Crippen LogP contribution in [-0.2, 0) is 19.1 Å². The van der Waals surface area contributed by atoms with E-state index in [1.165, 1.54) is 6.92 Å². The molecule has 0 heterocycles. The molecule has 7 nitrogen and oxygen atoms in total. The van der Waals surface area contributed by atoms with Crippen LogP contribution in [-0.4, -0.2) is 36.2 Å². The number of hydrogen-bond donors (Lipinski definition) is 2. The molecule has 0 unspecified atom stereocenters. The van der Waals surface area contributed by atoms with E-state index in [0.717, 1.165) is 0 Å². The Kier molecular flexibility index (Phi) is 7.70. The summed E-state index contributed by atoms with van der Waals surface area (Å²) in [7, 11) is 0. The lowest BCUT2D eigenvalue weighted by Crippen LogP contribution is -2.35. The van der Waals surface area contributed by atoms with Gasteiger partial charge in [0.2, 0.25) is 0 Å².